The number of aliphatic hydroxyl groups is 2. The minimum atomic E-state index is -2.85. The number of carbonyl (C=O) groups is 2. The van der Waals surface area contributed by atoms with Gasteiger partial charge in [-0.2, -0.15) is 0 Å². The number of hydrogen-bond acceptors (Lipinski definition) is 10. The highest BCUT2D eigenvalue weighted by atomic mass is 31.2. The zero-order valence-electron chi connectivity index (χ0n) is 21.3. The maximum atomic E-state index is 12.7. The Hall–Kier alpha value is -2.08. The van der Waals surface area contributed by atoms with Gasteiger partial charge in [-0.1, -0.05) is 43.4 Å². The molecule has 38 heavy (non-hydrogen) atoms. The second-order valence-electron chi connectivity index (χ2n) is 8.25. The molecule has 1 aliphatic heterocycles. The highest BCUT2D eigenvalue weighted by molar-refractivity contribution is 7.54. The summed E-state index contributed by atoms with van der Waals surface area (Å²) in [6.07, 6.45) is 4.04. The van der Waals surface area contributed by atoms with Crippen molar-refractivity contribution in [1.82, 2.24) is 9.80 Å². The number of hydrogen-bond donors (Lipinski definition) is 5. The Morgan fingerprint density at radius 3 is 2.55 bits per heavy atom. The molecule has 12 nitrogen and oxygen atoms in total. The lowest BCUT2D eigenvalue weighted by molar-refractivity contribution is -0.132. The number of benzene rings is 1. The van der Waals surface area contributed by atoms with Gasteiger partial charge in [0.05, 0.1) is 6.61 Å². The lowest BCUT2D eigenvalue weighted by atomic mass is 10.0. The summed E-state index contributed by atoms with van der Waals surface area (Å²) >= 11 is 0. The van der Waals surface area contributed by atoms with Gasteiger partial charge in [-0.05, 0) is 36.1 Å². The summed E-state index contributed by atoms with van der Waals surface area (Å²) in [4.78, 5) is 53.6. The molecule has 1 aromatic carbocycles. The molecule has 1 aromatic rings. The Morgan fingerprint density at radius 1 is 1.18 bits per heavy atom. The van der Waals surface area contributed by atoms with E-state index < -0.39 is 54.3 Å². The summed E-state index contributed by atoms with van der Waals surface area (Å²) in [7, 11) is -3.90. The second-order valence-corrected chi connectivity index (χ2v) is 10.1. The predicted octanol–water partition coefficient (Wildman–Crippen LogP) is 1.90. The number of nitrogens with zero attached hydrogens (tertiary/aromatic N) is 2. The molecule has 0 aliphatic carbocycles. The fourth-order valence-corrected chi connectivity index (χ4v) is 4.64. The van der Waals surface area contributed by atoms with E-state index in [1.165, 1.54) is 4.90 Å². The summed E-state index contributed by atoms with van der Waals surface area (Å²) in [6, 6.07) is 7.83. The molecular formula is C24H34N2O10P2. The van der Waals surface area contributed by atoms with Crippen molar-refractivity contribution >= 4 is 35.1 Å². The van der Waals surface area contributed by atoms with Gasteiger partial charge in [-0.15, -0.1) is 0 Å². The second kappa shape index (κ2) is 16.1. The molecule has 1 saturated heterocycles. The highest BCUT2D eigenvalue weighted by Gasteiger charge is 2.45. The third-order valence-corrected chi connectivity index (χ3v) is 6.97. The Labute approximate surface area is 224 Å². The predicted molar refractivity (Wildman–Crippen MR) is 141 cm³/mol. The molecule has 0 radical (unpaired) electrons. The Balaban J connectivity index is 2.01. The summed E-state index contributed by atoms with van der Waals surface area (Å²) < 4.78 is 14.6. The molecule has 0 aromatic heterocycles. The van der Waals surface area contributed by atoms with Gasteiger partial charge < -0.3 is 39.1 Å². The van der Waals surface area contributed by atoms with Crippen molar-refractivity contribution < 1.29 is 48.1 Å². The molecule has 1 heterocycles. The van der Waals surface area contributed by atoms with E-state index in [4.69, 9.17) is 19.0 Å². The molecule has 210 valence electrons. The van der Waals surface area contributed by atoms with Crippen molar-refractivity contribution in [2.75, 3.05) is 13.7 Å². The topological polar surface area (TPSA) is 169 Å². The van der Waals surface area contributed by atoms with Gasteiger partial charge in [0.1, 0.15) is 18.3 Å². The van der Waals surface area contributed by atoms with Crippen LogP contribution in [0.15, 0.2) is 54.8 Å². The number of allylic oxidation sites excluding steroid dienone is 4. The first-order valence-corrected chi connectivity index (χ1v) is 14.0. The van der Waals surface area contributed by atoms with Crippen LogP contribution in [0, 0.1) is 0 Å². The summed E-state index contributed by atoms with van der Waals surface area (Å²) in [5.74, 6) is -0.416. The normalized spacial score (nSPS) is 22.9. The van der Waals surface area contributed by atoms with E-state index in [1.54, 1.807) is 7.05 Å². The van der Waals surface area contributed by atoms with Crippen LogP contribution in [0.3, 0.4) is 0 Å². The quantitative estimate of drug-likeness (QED) is 0.0961. The molecule has 5 N–H and O–H groups in total. The van der Waals surface area contributed by atoms with Gasteiger partial charge in [0.2, 0.25) is 12.3 Å². The minimum absolute atomic E-state index is 0.310. The third kappa shape index (κ3) is 9.59. The minimum Gasteiger partial charge on any atom is -0.387 e. The van der Waals surface area contributed by atoms with Crippen LogP contribution >= 0.6 is 17.2 Å². The summed E-state index contributed by atoms with van der Waals surface area (Å²) in [5.41, 5.74) is 3.03. The van der Waals surface area contributed by atoms with E-state index in [1.807, 2.05) is 43.3 Å². The smallest absolute Gasteiger partial charge is 0.337 e. The molecule has 1 fully saturated rings. The van der Waals surface area contributed by atoms with Crippen molar-refractivity contribution in [1.29, 1.82) is 0 Å². The number of amides is 2. The zero-order chi connectivity index (χ0) is 28.2. The molecule has 2 amide bonds. The highest BCUT2D eigenvalue weighted by Crippen LogP contribution is 2.46. The van der Waals surface area contributed by atoms with Crippen LogP contribution in [0.4, 0.5) is 0 Å². The monoisotopic (exact) mass is 572 g/mol. The molecule has 5 atom stereocenters. The van der Waals surface area contributed by atoms with Crippen LogP contribution < -0.4 is 0 Å². The Morgan fingerprint density at radius 2 is 1.92 bits per heavy atom. The Kier molecular flexibility index (Phi) is 13.6. The van der Waals surface area contributed by atoms with Gasteiger partial charge in [0, 0.05) is 25.9 Å². The van der Waals surface area contributed by atoms with Gasteiger partial charge in [-0.3, -0.25) is 14.5 Å². The number of aliphatic hydroxyl groups excluding tert-OH is 2. The van der Waals surface area contributed by atoms with Crippen LogP contribution in [-0.4, -0.2) is 85.2 Å². The van der Waals surface area contributed by atoms with Gasteiger partial charge in [-0.25, -0.2) is 4.31 Å². The standard InChI is InChI=1S/C24H34N2O10P2/c1-4-7-18(8-5-2)19-10-6-9-17(13-19)14-25(3)21(28)11-12-26(16-27)24-23(30)22(29)20(35-24)15-34-38(33)36-37(31)32/h4,6-13,16,20,22-24,29-33H,5,14-15H2,1-3H3/b7-4-,12-11-,18-8+. The van der Waals surface area contributed by atoms with E-state index in [2.05, 4.69) is 17.3 Å². The van der Waals surface area contributed by atoms with E-state index in [0.29, 0.717) is 13.0 Å². The van der Waals surface area contributed by atoms with Gasteiger partial charge in [0.15, 0.2) is 6.23 Å². The number of rotatable bonds is 14. The van der Waals surface area contributed by atoms with E-state index >= 15 is 0 Å². The lowest BCUT2D eigenvalue weighted by Crippen LogP contribution is -2.41. The lowest BCUT2D eigenvalue weighted by Gasteiger charge is -2.23. The summed E-state index contributed by atoms with van der Waals surface area (Å²) in [6.45, 7) is 3.85. The van der Waals surface area contributed by atoms with E-state index in [9.17, 15) is 24.7 Å². The SMILES string of the molecule is C/C=C\C(=C/CC)c1cccc(CN(C)C(=O)/C=C\N(C=O)C2OC(COP(O)OP(O)O)C(O)C2O)c1. The van der Waals surface area contributed by atoms with E-state index in [0.717, 1.165) is 40.3 Å². The van der Waals surface area contributed by atoms with Crippen LogP contribution in [0.2, 0.25) is 0 Å². The van der Waals surface area contributed by atoms with Crippen molar-refractivity contribution in [3.63, 3.8) is 0 Å². The van der Waals surface area contributed by atoms with Crippen molar-refractivity contribution in [2.24, 2.45) is 0 Å². The molecule has 0 spiro atoms. The van der Waals surface area contributed by atoms with Crippen LogP contribution in [0.25, 0.3) is 5.57 Å². The fraction of sp³-hybridized carbons (Fsp3) is 0.417. The molecule has 0 bridgehead atoms. The van der Waals surface area contributed by atoms with Crippen LogP contribution in [0.5, 0.6) is 0 Å². The maximum Gasteiger partial charge on any atom is 0.337 e. The number of ether oxygens (including phenoxy) is 1. The average molecular weight is 572 g/mol. The summed E-state index contributed by atoms with van der Waals surface area (Å²) in [5, 5.41) is 20.5. The zero-order valence-corrected chi connectivity index (χ0v) is 23.1. The number of carbonyl (C=O) groups excluding carboxylic acids is 2. The molecule has 14 heteroatoms. The third-order valence-electron chi connectivity index (χ3n) is 5.46. The largest absolute Gasteiger partial charge is 0.387 e. The first-order valence-electron chi connectivity index (χ1n) is 11.7. The van der Waals surface area contributed by atoms with Gasteiger partial charge in [0.25, 0.3) is 0 Å². The van der Waals surface area contributed by atoms with Crippen molar-refractivity contribution in [3.05, 3.63) is 65.9 Å². The Bertz CT molecular complexity index is 1010. The number of likely N-dealkylation sites (N-methyl/N-ethyl adjacent to an activating group) is 1. The first kappa shape index (κ1) is 32.1. The molecular weight excluding hydrogens is 538 g/mol. The average Bonchev–Trinajstić information content (AvgIpc) is 3.16. The van der Waals surface area contributed by atoms with Crippen molar-refractivity contribution in [2.45, 2.75) is 51.4 Å². The molecule has 0 saturated carbocycles. The van der Waals surface area contributed by atoms with Crippen LogP contribution in [-0.2, 0) is 29.7 Å². The molecule has 5 unspecified atom stereocenters. The van der Waals surface area contributed by atoms with Crippen LogP contribution in [0.1, 0.15) is 31.4 Å². The fourth-order valence-electron chi connectivity index (χ4n) is 3.68. The molecule has 2 rings (SSSR count). The maximum absolute atomic E-state index is 12.7. The van der Waals surface area contributed by atoms with Gasteiger partial charge >= 0.3 is 17.2 Å². The molecule has 1 aliphatic rings. The van der Waals surface area contributed by atoms with Crippen molar-refractivity contribution in [3.8, 4) is 0 Å². The van der Waals surface area contributed by atoms with E-state index in [-0.39, 0.29) is 0 Å². The first-order chi connectivity index (χ1) is 18.1.